The summed E-state index contributed by atoms with van der Waals surface area (Å²) in [5.74, 6) is 7.26. The highest BCUT2D eigenvalue weighted by Gasteiger charge is 2.32. The lowest BCUT2D eigenvalue weighted by Crippen LogP contribution is -2.26. The predicted molar refractivity (Wildman–Crippen MR) is 79.4 cm³/mol. The zero-order valence-corrected chi connectivity index (χ0v) is 12.1. The molecule has 2 unspecified atom stereocenters. The van der Waals surface area contributed by atoms with Crippen LogP contribution >= 0.6 is 0 Å². The molecular formula is C17H21NO2. The second kappa shape index (κ2) is 6.58. The molecule has 0 spiro atoms. The molecular weight excluding hydrogens is 250 g/mol. The lowest BCUT2D eigenvalue weighted by molar-refractivity contribution is 0.0950. The van der Waals surface area contributed by atoms with E-state index in [2.05, 4.69) is 24.1 Å². The van der Waals surface area contributed by atoms with Crippen molar-refractivity contribution in [3.63, 3.8) is 0 Å². The van der Waals surface area contributed by atoms with Crippen molar-refractivity contribution >= 4 is 5.91 Å². The van der Waals surface area contributed by atoms with Crippen LogP contribution in [0.2, 0.25) is 0 Å². The van der Waals surface area contributed by atoms with E-state index in [9.17, 15) is 4.79 Å². The van der Waals surface area contributed by atoms with Crippen molar-refractivity contribution in [3.05, 3.63) is 34.9 Å². The zero-order chi connectivity index (χ0) is 14.5. The van der Waals surface area contributed by atoms with Crippen molar-refractivity contribution in [2.75, 3.05) is 13.2 Å². The SMILES string of the molecule is Cc1c(C#CCCO)cccc1C(=O)NCC1CC1C. The summed E-state index contributed by atoms with van der Waals surface area (Å²) in [6.07, 6.45) is 1.67. The molecule has 1 amide bonds. The molecule has 1 aromatic rings. The van der Waals surface area contributed by atoms with Gasteiger partial charge in [0.1, 0.15) is 0 Å². The van der Waals surface area contributed by atoms with Gasteiger partial charge in [-0.3, -0.25) is 4.79 Å². The summed E-state index contributed by atoms with van der Waals surface area (Å²) in [5.41, 5.74) is 2.44. The van der Waals surface area contributed by atoms with Crippen LogP contribution in [-0.4, -0.2) is 24.2 Å². The quantitative estimate of drug-likeness (QED) is 0.824. The molecule has 106 valence electrons. The standard InChI is InChI=1S/C17H21NO2/c1-12-10-15(12)11-18-17(20)16-8-5-7-14(13(16)2)6-3-4-9-19/h5,7-8,12,15,19H,4,9-11H2,1-2H3,(H,18,20). The molecule has 0 aliphatic heterocycles. The van der Waals surface area contributed by atoms with Crippen LogP contribution in [0.4, 0.5) is 0 Å². The Morgan fingerprint density at radius 3 is 2.90 bits per heavy atom. The van der Waals surface area contributed by atoms with Gasteiger partial charge in [-0.15, -0.1) is 0 Å². The van der Waals surface area contributed by atoms with E-state index < -0.39 is 0 Å². The highest BCUT2D eigenvalue weighted by molar-refractivity contribution is 5.96. The third-order valence-electron chi connectivity index (χ3n) is 3.84. The largest absolute Gasteiger partial charge is 0.395 e. The molecule has 0 bridgehead atoms. The first-order chi connectivity index (χ1) is 9.63. The predicted octanol–water partition coefficient (Wildman–Crippen LogP) is 2.11. The number of aliphatic hydroxyl groups excluding tert-OH is 1. The van der Waals surface area contributed by atoms with Gasteiger partial charge in [-0.2, -0.15) is 0 Å². The van der Waals surface area contributed by atoms with Gasteiger partial charge in [-0.25, -0.2) is 0 Å². The monoisotopic (exact) mass is 271 g/mol. The first-order valence-corrected chi connectivity index (χ1v) is 7.11. The molecule has 1 aliphatic rings. The van der Waals surface area contributed by atoms with Crippen molar-refractivity contribution < 1.29 is 9.90 Å². The van der Waals surface area contributed by atoms with Gasteiger partial charge in [0.15, 0.2) is 0 Å². The smallest absolute Gasteiger partial charge is 0.251 e. The number of aliphatic hydroxyl groups is 1. The maximum absolute atomic E-state index is 12.2. The highest BCUT2D eigenvalue weighted by atomic mass is 16.2. The van der Waals surface area contributed by atoms with Gasteiger partial charge >= 0.3 is 0 Å². The molecule has 0 radical (unpaired) electrons. The Morgan fingerprint density at radius 1 is 1.50 bits per heavy atom. The Morgan fingerprint density at radius 2 is 2.25 bits per heavy atom. The molecule has 2 rings (SSSR count). The van der Waals surface area contributed by atoms with Gasteiger partial charge in [0, 0.05) is 24.1 Å². The molecule has 3 nitrogen and oxygen atoms in total. The third kappa shape index (κ3) is 3.61. The summed E-state index contributed by atoms with van der Waals surface area (Å²) in [5, 5.41) is 11.7. The van der Waals surface area contributed by atoms with E-state index in [0.29, 0.717) is 17.9 Å². The van der Waals surface area contributed by atoms with E-state index in [4.69, 9.17) is 5.11 Å². The third-order valence-corrected chi connectivity index (χ3v) is 3.84. The molecule has 2 N–H and O–H groups in total. The summed E-state index contributed by atoms with van der Waals surface area (Å²) in [6, 6.07) is 5.59. The van der Waals surface area contributed by atoms with E-state index in [1.54, 1.807) is 0 Å². The minimum atomic E-state index is -0.0209. The Kier molecular flexibility index (Phi) is 4.81. The van der Waals surface area contributed by atoms with Crippen LogP contribution in [-0.2, 0) is 0 Å². The second-order valence-electron chi connectivity index (χ2n) is 5.44. The van der Waals surface area contributed by atoms with E-state index in [1.165, 1.54) is 6.42 Å². The number of hydrogen-bond acceptors (Lipinski definition) is 2. The van der Waals surface area contributed by atoms with E-state index in [0.717, 1.165) is 23.6 Å². The van der Waals surface area contributed by atoms with Gasteiger partial charge < -0.3 is 10.4 Å². The van der Waals surface area contributed by atoms with E-state index in [1.807, 2.05) is 25.1 Å². The zero-order valence-electron chi connectivity index (χ0n) is 12.1. The lowest BCUT2D eigenvalue weighted by Gasteiger charge is -2.08. The lowest BCUT2D eigenvalue weighted by atomic mass is 10.0. The van der Waals surface area contributed by atoms with Gasteiger partial charge in [-0.1, -0.05) is 24.8 Å². The number of benzene rings is 1. The maximum Gasteiger partial charge on any atom is 0.251 e. The summed E-state index contributed by atoms with van der Waals surface area (Å²) in [6.45, 7) is 4.95. The fourth-order valence-electron chi connectivity index (χ4n) is 2.23. The van der Waals surface area contributed by atoms with Crippen LogP contribution in [0.5, 0.6) is 0 Å². The Bertz CT molecular complexity index is 554. The fourth-order valence-corrected chi connectivity index (χ4v) is 2.23. The minimum absolute atomic E-state index is 0.0209. The number of rotatable bonds is 4. The van der Waals surface area contributed by atoms with Crippen LogP contribution in [0.25, 0.3) is 0 Å². The molecule has 0 heterocycles. The molecule has 0 aromatic heterocycles. The van der Waals surface area contributed by atoms with Gasteiger partial charge in [0.2, 0.25) is 0 Å². The van der Waals surface area contributed by atoms with Crippen molar-refractivity contribution in [1.29, 1.82) is 0 Å². The molecule has 20 heavy (non-hydrogen) atoms. The summed E-state index contributed by atoms with van der Waals surface area (Å²) >= 11 is 0. The fraction of sp³-hybridized carbons (Fsp3) is 0.471. The molecule has 1 aromatic carbocycles. The number of amides is 1. The summed E-state index contributed by atoms with van der Waals surface area (Å²) < 4.78 is 0. The summed E-state index contributed by atoms with van der Waals surface area (Å²) in [4.78, 5) is 12.2. The van der Waals surface area contributed by atoms with Crippen LogP contribution in [0, 0.1) is 30.6 Å². The first kappa shape index (κ1) is 14.6. The van der Waals surface area contributed by atoms with Crippen molar-refractivity contribution in [2.45, 2.75) is 26.7 Å². The summed E-state index contributed by atoms with van der Waals surface area (Å²) in [7, 11) is 0. The molecule has 3 heteroatoms. The number of nitrogens with one attached hydrogen (secondary N) is 1. The van der Waals surface area contributed by atoms with Gasteiger partial charge in [0.25, 0.3) is 5.91 Å². The molecule has 0 saturated heterocycles. The molecule has 1 aliphatic carbocycles. The topological polar surface area (TPSA) is 49.3 Å². The number of carbonyl (C=O) groups excluding carboxylic acids is 1. The average molecular weight is 271 g/mol. The normalized spacial score (nSPS) is 19.9. The van der Waals surface area contributed by atoms with E-state index >= 15 is 0 Å². The van der Waals surface area contributed by atoms with E-state index in [-0.39, 0.29) is 12.5 Å². The van der Waals surface area contributed by atoms with Crippen LogP contribution in [0.1, 0.15) is 41.3 Å². The number of carbonyl (C=O) groups is 1. The van der Waals surface area contributed by atoms with Gasteiger partial charge in [-0.05, 0) is 42.9 Å². The Balaban J connectivity index is 2.05. The first-order valence-electron chi connectivity index (χ1n) is 7.11. The Hall–Kier alpha value is -1.79. The molecule has 1 fully saturated rings. The Labute approximate surface area is 120 Å². The van der Waals surface area contributed by atoms with Crippen LogP contribution in [0.3, 0.4) is 0 Å². The average Bonchev–Trinajstić information content (AvgIpc) is 3.14. The maximum atomic E-state index is 12.2. The highest BCUT2D eigenvalue weighted by Crippen LogP contribution is 2.36. The van der Waals surface area contributed by atoms with Crippen molar-refractivity contribution in [3.8, 4) is 11.8 Å². The van der Waals surface area contributed by atoms with Crippen LogP contribution < -0.4 is 5.32 Å². The minimum Gasteiger partial charge on any atom is -0.395 e. The molecule has 2 atom stereocenters. The van der Waals surface area contributed by atoms with Gasteiger partial charge in [0.05, 0.1) is 6.61 Å². The number of hydrogen-bond donors (Lipinski definition) is 2. The molecule has 1 saturated carbocycles. The second-order valence-corrected chi connectivity index (χ2v) is 5.44. The van der Waals surface area contributed by atoms with Crippen molar-refractivity contribution in [2.24, 2.45) is 11.8 Å². The van der Waals surface area contributed by atoms with Crippen LogP contribution in [0.15, 0.2) is 18.2 Å². The van der Waals surface area contributed by atoms with Crippen molar-refractivity contribution in [1.82, 2.24) is 5.32 Å².